The Balaban J connectivity index is 2.25. The molecule has 102 valence electrons. The molecule has 0 radical (unpaired) electrons. The Morgan fingerprint density at radius 3 is 2.39 bits per heavy atom. The summed E-state index contributed by atoms with van der Waals surface area (Å²) in [7, 11) is 0. The molecule has 4 nitrogen and oxygen atoms in total. The second-order valence-corrected chi connectivity index (χ2v) is 5.18. The van der Waals surface area contributed by atoms with Gasteiger partial charge < -0.3 is 4.57 Å². The fraction of sp³-hybridized carbons (Fsp3) is 0.818. The van der Waals surface area contributed by atoms with Gasteiger partial charge >= 0.3 is 6.18 Å². The van der Waals surface area contributed by atoms with E-state index in [9.17, 15) is 13.2 Å². The van der Waals surface area contributed by atoms with Crippen molar-refractivity contribution in [2.24, 2.45) is 0 Å². The number of aromatic nitrogens is 3. The van der Waals surface area contributed by atoms with Gasteiger partial charge in [-0.05, 0) is 20.3 Å². The lowest BCUT2D eigenvalue weighted by Crippen LogP contribution is -2.47. The Kier molecular flexibility index (Phi) is 3.12. The van der Waals surface area contributed by atoms with Gasteiger partial charge in [-0.25, -0.2) is 0 Å². The van der Waals surface area contributed by atoms with Crippen molar-refractivity contribution >= 4 is 0 Å². The second-order valence-electron chi connectivity index (χ2n) is 5.18. The molecule has 0 atom stereocenters. The molecule has 0 saturated carbocycles. The van der Waals surface area contributed by atoms with E-state index in [-0.39, 0.29) is 5.54 Å². The second kappa shape index (κ2) is 4.22. The molecule has 0 bridgehead atoms. The van der Waals surface area contributed by atoms with E-state index in [4.69, 9.17) is 0 Å². The highest BCUT2D eigenvalue weighted by atomic mass is 19.4. The molecular weight excluding hydrogens is 245 g/mol. The van der Waals surface area contributed by atoms with Gasteiger partial charge in [-0.2, -0.15) is 13.2 Å². The smallest absolute Gasteiger partial charge is 0.305 e. The average Bonchev–Trinajstić information content (AvgIpc) is 2.71. The Morgan fingerprint density at radius 2 is 1.83 bits per heavy atom. The fourth-order valence-corrected chi connectivity index (χ4v) is 2.11. The Hall–Kier alpha value is -1.11. The number of alkyl halides is 3. The van der Waals surface area contributed by atoms with Crippen molar-refractivity contribution in [3.63, 3.8) is 0 Å². The van der Waals surface area contributed by atoms with Crippen LogP contribution in [0.25, 0.3) is 0 Å². The standard InChI is InChI=1S/C11H17F3N4/c1-4-10(2,3)17-5-6-18-8(7-17)15-16-9(18)11(12,13)14/h4-7H2,1-3H3. The summed E-state index contributed by atoms with van der Waals surface area (Å²) in [4.78, 5) is 2.15. The SMILES string of the molecule is CCC(C)(C)N1CCn2c(nnc2C(F)(F)F)C1. The van der Waals surface area contributed by atoms with E-state index < -0.39 is 12.0 Å². The van der Waals surface area contributed by atoms with Crippen LogP contribution in [-0.2, 0) is 19.3 Å². The number of hydrogen-bond donors (Lipinski definition) is 0. The Morgan fingerprint density at radius 1 is 1.17 bits per heavy atom. The van der Waals surface area contributed by atoms with Crippen molar-refractivity contribution in [1.82, 2.24) is 19.7 Å². The fourth-order valence-electron chi connectivity index (χ4n) is 2.11. The number of hydrogen-bond acceptors (Lipinski definition) is 3. The third-order valence-corrected chi connectivity index (χ3v) is 3.73. The summed E-state index contributed by atoms with van der Waals surface area (Å²) in [6.45, 7) is 7.55. The van der Waals surface area contributed by atoms with Gasteiger partial charge in [0.25, 0.3) is 0 Å². The highest BCUT2D eigenvalue weighted by Gasteiger charge is 2.40. The molecule has 0 unspecified atom stereocenters. The molecule has 1 aliphatic heterocycles. The van der Waals surface area contributed by atoms with Crippen molar-refractivity contribution in [2.45, 2.75) is 52.0 Å². The molecular formula is C11H17F3N4. The topological polar surface area (TPSA) is 34.0 Å². The quantitative estimate of drug-likeness (QED) is 0.820. The van der Waals surface area contributed by atoms with Crippen LogP contribution in [0.2, 0.25) is 0 Å². The summed E-state index contributed by atoms with van der Waals surface area (Å²) >= 11 is 0. The monoisotopic (exact) mass is 262 g/mol. The predicted molar refractivity (Wildman–Crippen MR) is 59.8 cm³/mol. The summed E-state index contributed by atoms with van der Waals surface area (Å²) in [5.41, 5.74) is -0.0321. The molecule has 0 amide bonds. The number of rotatable bonds is 2. The van der Waals surface area contributed by atoms with Gasteiger partial charge in [-0.1, -0.05) is 6.92 Å². The van der Waals surface area contributed by atoms with E-state index in [2.05, 4.69) is 35.9 Å². The van der Waals surface area contributed by atoms with Crippen LogP contribution in [0.4, 0.5) is 13.2 Å². The van der Waals surface area contributed by atoms with Gasteiger partial charge in [0.05, 0.1) is 6.54 Å². The van der Waals surface area contributed by atoms with Crippen molar-refractivity contribution in [1.29, 1.82) is 0 Å². The molecule has 0 N–H and O–H groups in total. The molecule has 0 saturated heterocycles. The first kappa shape index (κ1) is 13.3. The molecule has 0 aromatic carbocycles. The van der Waals surface area contributed by atoms with Crippen LogP contribution in [0.5, 0.6) is 0 Å². The molecule has 0 aliphatic carbocycles. The van der Waals surface area contributed by atoms with E-state index in [1.165, 1.54) is 4.57 Å². The van der Waals surface area contributed by atoms with Crippen molar-refractivity contribution in [3.05, 3.63) is 11.6 Å². The maximum absolute atomic E-state index is 12.7. The normalized spacial score (nSPS) is 17.9. The van der Waals surface area contributed by atoms with Gasteiger partial charge in [-0.15, -0.1) is 10.2 Å². The highest BCUT2D eigenvalue weighted by molar-refractivity contribution is 5.03. The van der Waals surface area contributed by atoms with E-state index in [1.807, 2.05) is 0 Å². The minimum Gasteiger partial charge on any atom is -0.305 e. The molecule has 1 aliphatic rings. The van der Waals surface area contributed by atoms with Crippen LogP contribution in [0.15, 0.2) is 0 Å². The molecule has 18 heavy (non-hydrogen) atoms. The van der Waals surface area contributed by atoms with Crippen LogP contribution < -0.4 is 0 Å². The zero-order valence-corrected chi connectivity index (χ0v) is 10.8. The lowest BCUT2D eigenvalue weighted by Gasteiger charge is -2.40. The van der Waals surface area contributed by atoms with Gasteiger partial charge in [0.15, 0.2) is 0 Å². The van der Waals surface area contributed by atoms with Crippen molar-refractivity contribution in [2.75, 3.05) is 6.54 Å². The van der Waals surface area contributed by atoms with Crippen LogP contribution in [0.3, 0.4) is 0 Å². The summed E-state index contributed by atoms with van der Waals surface area (Å²) in [6.07, 6.45) is -3.49. The first-order valence-electron chi connectivity index (χ1n) is 6.00. The van der Waals surface area contributed by atoms with Crippen LogP contribution in [0.1, 0.15) is 38.8 Å². The van der Waals surface area contributed by atoms with E-state index >= 15 is 0 Å². The molecule has 7 heteroatoms. The Bertz CT molecular complexity index is 436. The van der Waals surface area contributed by atoms with Gasteiger partial charge in [0.1, 0.15) is 5.82 Å². The van der Waals surface area contributed by atoms with Crippen molar-refractivity contribution in [3.8, 4) is 0 Å². The first-order chi connectivity index (χ1) is 8.25. The molecule has 1 aromatic rings. The molecule has 0 spiro atoms. The maximum Gasteiger partial charge on any atom is 0.451 e. The molecule has 2 rings (SSSR count). The van der Waals surface area contributed by atoms with Crippen LogP contribution in [-0.4, -0.2) is 31.7 Å². The van der Waals surface area contributed by atoms with Crippen LogP contribution >= 0.6 is 0 Å². The largest absolute Gasteiger partial charge is 0.451 e. The highest BCUT2D eigenvalue weighted by Crippen LogP contribution is 2.31. The average molecular weight is 262 g/mol. The third-order valence-electron chi connectivity index (χ3n) is 3.73. The van der Waals surface area contributed by atoms with Gasteiger partial charge in [-0.3, -0.25) is 4.90 Å². The number of halogens is 3. The maximum atomic E-state index is 12.7. The molecule has 1 aromatic heterocycles. The Labute approximate surface area is 104 Å². The zero-order chi connectivity index (χ0) is 13.6. The summed E-state index contributed by atoms with van der Waals surface area (Å²) in [5, 5.41) is 6.95. The van der Waals surface area contributed by atoms with Crippen LogP contribution in [0, 0.1) is 0 Å². The lowest BCUT2D eigenvalue weighted by molar-refractivity contribution is -0.148. The predicted octanol–water partition coefficient (Wildman–Crippen LogP) is 2.30. The van der Waals surface area contributed by atoms with Gasteiger partial charge in [0.2, 0.25) is 5.82 Å². The van der Waals surface area contributed by atoms with E-state index in [0.29, 0.717) is 25.5 Å². The third kappa shape index (κ3) is 2.23. The van der Waals surface area contributed by atoms with E-state index in [0.717, 1.165) is 6.42 Å². The molecule has 0 fully saturated rings. The molecule has 2 heterocycles. The van der Waals surface area contributed by atoms with Gasteiger partial charge in [0, 0.05) is 18.6 Å². The van der Waals surface area contributed by atoms with E-state index in [1.54, 1.807) is 0 Å². The minimum absolute atomic E-state index is 0.0321. The zero-order valence-electron chi connectivity index (χ0n) is 10.8. The summed E-state index contributed by atoms with van der Waals surface area (Å²) in [5.74, 6) is -0.485. The summed E-state index contributed by atoms with van der Waals surface area (Å²) < 4.78 is 39.2. The lowest BCUT2D eigenvalue weighted by atomic mass is 9.98. The number of nitrogens with zero attached hydrogens (tertiary/aromatic N) is 4. The van der Waals surface area contributed by atoms with Crippen molar-refractivity contribution < 1.29 is 13.2 Å². The number of fused-ring (bicyclic) bond motifs is 1. The summed E-state index contributed by atoms with van der Waals surface area (Å²) in [6, 6.07) is 0. The first-order valence-corrected chi connectivity index (χ1v) is 6.00. The minimum atomic E-state index is -4.42.